The van der Waals surface area contributed by atoms with Gasteiger partial charge in [0.2, 0.25) is 0 Å². The zero-order valence-corrected chi connectivity index (χ0v) is 19.0. The first-order chi connectivity index (χ1) is 14.2. The number of hydrogen-bond acceptors (Lipinski definition) is 6. The molecule has 0 saturated carbocycles. The van der Waals surface area contributed by atoms with E-state index in [0.29, 0.717) is 25.8 Å². The van der Waals surface area contributed by atoms with Crippen molar-refractivity contribution in [1.29, 1.82) is 0 Å². The van der Waals surface area contributed by atoms with Gasteiger partial charge in [-0.2, -0.15) is 10.2 Å². The van der Waals surface area contributed by atoms with Crippen molar-refractivity contribution in [3.05, 3.63) is 59.1 Å². The number of para-hydroxylation sites is 1. The number of nitrogens with zero attached hydrogens (tertiary/aromatic N) is 3. The number of rotatable bonds is 5. The number of ether oxygens (including phenoxy) is 1. The van der Waals surface area contributed by atoms with Crippen molar-refractivity contribution >= 4 is 57.8 Å². The summed E-state index contributed by atoms with van der Waals surface area (Å²) < 4.78 is 5.16. The van der Waals surface area contributed by atoms with Gasteiger partial charge in [-0.05, 0) is 50.2 Å². The molecule has 10 heteroatoms. The fraction of sp³-hybridized carbons (Fsp3) is 0.250. The summed E-state index contributed by atoms with van der Waals surface area (Å²) in [4.78, 5) is 12.7. The molecule has 1 aliphatic rings. The van der Waals surface area contributed by atoms with Gasteiger partial charge in [0, 0.05) is 16.3 Å². The number of thioether (sulfide) groups is 1. The molecule has 2 aromatic carbocycles. The van der Waals surface area contributed by atoms with Crippen molar-refractivity contribution in [3.8, 4) is 5.75 Å². The Balaban J connectivity index is 1.83. The van der Waals surface area contributed by atoms with Gasteiger partial charge < -0.3 is 10.1 Å². The molecule has 1 fully saturated rings. The maximum absolute atomic E-state index is 12.7. The molecule has 0 aliphatic carbocycles. The lowest BCUT2D eigenvalue weighted by atomic mass is 10.1. The number of benzene rings is 2. The summed E-state index contributed by atoms with van der Waals surface area (Å²) in [6, 6.07) is 13.3. The summed E-state index contributed by atoms with van der Waals surface area (Å²) in [6.45, 7) is 3.76. The lowest BCUT2D eigenvalue weighted by Gasteiger charge is -2.34. The van der Waals surface area contributed by atoms with Crippen molar-refractivity contribution in [2.75, 3.05) is 12.4 Å². The molecule has 2 aromatic rings. The highest BCUT2D eigenvalue weighted by molar-refractivity contribution is 8.24. The molecule has 0 spiro atoms. The van der Waals surface area contributed by atoms with Crippen LogP contribution in [-0.2, 0) is 0 Å². The van der Waals surface area contributed by atoms with E-state index in [2.05, 4.69) is 10.4 Å². The van der Waals surface area contributed by atoms with Crippen LogP contribution in [-0.4, -0.2) is 49.9 Å². The van der Waals surface area contributed by atoms with Gasteiger partial charge in [-0.25, -0.2) is 9.80 Å². The third-order valence-corrected chi connectivity index (χ3v) is 6.17. The van der Waals surface area contributed by atoms with Crippen LogP contribution in [0.4, 0.5) is 10.5 Å². The Kier molecular flexibility index (Phi) is 6.87. The predicted octanol–water partition coefficient (Wildman–Crippen LogP) is 5.04. The molecule has 0 radical (unpaired) electrons. The molecule has 1 atom stereocenters. The Morgan fingerprint density at radius 1 is 1.33 bits per heavy atom. The van der Waals surface area contributed by atoms with Crippen molar-refractivity contribution < 1.29 is 14.7 Å². The smallest absolute Gasteiger partial charge is 0.347 e. The number of carbonyl (C=O) groups excluding carboxylic acids is 1. The van der Waals surface area contributed by atoms with E-state index in [1.54, 1.807) is 37.6 Å². The van der Waals surface area contributed by atoms with Gasteiger partial charge in [-0.15, -0.1) is 0 Å². The number of halogens is 1. The molecular weight excluding hydrogens is 444 g/mol. The van der Waals surface area contributed by atoms with E-state index in [9.17, 15) is 10.0 Å². The number of hydroxylamine groups is 2. The second-order valence-corrected chi connectivity index (χ2v) is 9.68. The number of hydrogen-bond donors (Lipinski definition) is 2. The monoisotopic (exact) mass is 464 g/mol. The first kappa shape index (κ1) is 22.4. The van der Waals surface area contributed by atoms with Gasteiger partial charge in [0.15, 0.2) is 10.5 Å². The molecule has 158 valence electrons. The molecule has 1 saturated heterocycles. The van der Waals surface area contributed by atoms with Gasteiger partial charge in [0.05, 0.1) is 18.1 Å². The van der Waals surface area contributed by atoms with Crippen LogP contribution in [0, 0.1) is 0 Å². The Morgan fingerprint density at radius 2 is 2.00 bits per heavy atom. The highest BCUT2D eigenvalue weighted by Gasteiger charge is 2.50. The van der Waals surface area contributed by atoms with E-state index in [1.807, 2.05) is 38.1 Å². The van der Waals surface area contributed by atoms with Crippen molar-refractivity contribution in [2.45, 2.75) is 24.8 Å². The molecule has 7 nitrogen and oxygen atoms in total. The number of nitrogens with one attached hydrogen (secondary N) is 1. The van der Waals surface area contributed by atoms with Crippen LogP contribution in [0.2, 0.25) is 5.02 Å². The zero-order chi connectivity index (χ0) is 21.9. The summed E-state index contributed by atoms with van der Waals surface area (Å²) in [5.41, 5.74) is 1.24. The summed E-state index contributed by atoms with van der Waals surface area (Å²) in [6.07, 6.45) is 0.763. The average Bonchev–Trinajstić information content (AvgIpc) is 2.95. The summed E-state index contributed by atoms with van der Waals surface area (Å²) in [5.74, 6) is 0.649. The van der Waals surface area contributed by atoms with Crippen LogP contribution in [0.1, 0.15) is 19.4 Å². The maximum atomic E-state index is 12.7. The molecule has 1 unspecified atom stereocenters. The van der Waals surface area contributed by atoms with E-state index in [1.165, 1.54) is 16.8 Å². The summed E-state index contributed by atoms with van der Waals surface area (Å²) >= 11 is 12.7. The van der Waals surface area contributed by atoms with Gasteiger partial charge in [0.25, 0.3) is 0 Å². The normalized spacial score (nSPS) is 18.0. The van der Waals surface area contributed by atoms with Gasteiger partial charge in [-0.3, -0.25) is 5.21 Å². The number of methoxy groups -OCH3 is 1. The number of anilines is 1. The topological polar surface area (TPSA) is 77.4 Å². The minimum absolute atomic E-state index is 0.439. The van der Waals surface area contributed by atoms with E-state index < -0.39 is 16.9 Å². The predicted molar refractivity (Wildman–Crippen MR) is 125 cm³/mol. The number of amides is 2. The zero-order valence-electron chi connectivity index (χ0n) is 16.6. The molecule has 3 rings (SSSR count). The minimum atomic E-state index is -0.826. The molecule has 2 amide bonds. The first-order valence-electron chi connectivity index (χ1n) is 8.97. The average molecular weight is 465 g/mol. The van der Waals surface area contributed by atoms with Gasteiger partial charge in [-0.1, -0.05) is 47.7 Å². The number of thiocarbonyl (C=S) groups is 1. The third kappa shape index (κ3) is 4.86. The lowest BCUT2D eigenvalue weighted by Crippen LogP contribution is -2.54. The fourth-order valence-electron chi connectivity index (χ4n) is 2.95. The quantitative estimate of drug-likeness (QED) is 0.279. The number of carbonyl (C=O) groups is 1. The molecule has 1 heterocycles. The van der Waals surface area contributed by atoms with Crippen LogP contribution >= 0.6 is 35.6 Å². The van der Waals surface area contributed by atoms with Gasteiger partial charge in [0.1, 0.15) is 5.75 Å². The van der Waals surface area contributed by atoms with Crippen molar-refractivity contribution in [3.63, 3.8) is 0 Å². The number of urea groups is 1. The summed E-state index contributed by atoms with van der Waals surface area (Å²) in [5, 5.41) is 20.4. The number of hydrazone groups is 1. The van der Waals surface area contributed by atoms with Crippen LogP contribution in [0.25, 0.3) is 0 Å². The Hall–Kier alpha value is -2.33. The molecule has 2 N–H and O–H groups in total. The Labute approximate surface area is 189 Å². The van der Waals surface area contributed by atoms with Crippen molar-refractivity contribution in [2.24, 2.45) is 5.10 Å². The molecular formula is C20H21ClN4O3S2. The molecule has 0 aromatic heterocycles. The minimum Gasteiger partial charge on any atom is -0.496 e. The second kappa shape index (κ2) is 9.22. The lowest BCUT2D eigenvalue weighted by molar-refractivity contribution is -0.114. The van der Waals surface area contributed by atoms with E-state index in [0.717, 1.165) is 5.56 Å². The van der Waals surface area contributed by atoms with Crippen LogP contribution in [0.5, 0.6) is 5.75 Å². The largest absolute Gasteiger partial charge is 0.496 e. The van der Waals surface area contributed by atoms with E-state index in [-0.39, 0.29) is 0 Å². The van der Waals surface area contributed by atoms with Crippen LogP contribution < -0.4 is 10.1 Å². The molecule has 1 aliphatic heterocycles. The fourth-order valence-corrected chi connectivity index (χ4v) is 4.86. The molecule has 30 heavy (non-hydrogen) atoms. The van der Waals surface area contributed by atoms with Crippen LogP contribution in [0.3, 0.4) is 0 Å². The Morgan fingerprint density at radius 3 is 2.67 bits per heavy atom. The second-order valence-electron chi connectivity index (χ2n) is 6.96. The Bertz CT molecular complexity index is 969. The van der Waals surface area contributed by atoms with E-state index >= 15 is 0 Å². The third-order valence-electron chi connectivity index (χ3n) is 4.39. The molecule has 0 bridgehead atoms. The summed E-state index contributed by atoms with van der Waals surface area (Å²) in [7, 11) is 1.57. The highest BCUT2D eigenvalue weighted by atomic mass is 35.5. The van der Waals surface area contributed by atoms with Crippen molar-refractivity contribution in [1.82, 2.24) is 10.1 Å². The van der Waals surface area contributed by atoms with Gasteiger partial charge >= 0.3 is 6.03 Å². The highest BCUT2D eigenvalue weighted by Crippen LogP contribution is 2.42. The SMILES string of the molecule is COc1ccccc1C=NN1C(=S)SC(C)(C)C1N(O)C(=O)Nc1ccc(Cl)cc1. The van der Waals surface area contributed by atoms with Crippen LogP contribution in [0.15, 0.2) is 53.6 Å². The first-order valence-corrected chi connectivity index (χ1v) is 10.6. The standard InChI is InChI=1S/C20H21ClN4O3S2/c1-20(2)17(25(27)18(26)23-15-10-8-14(21)9-11-15)24(19(29)30-20)22-12-13-6-4-5-7-16(13)28-3/h4-12,17,27H,1-3H3,(H,23,26). The maximum Gasteiger partial charge on any atom is 0.347 e. The van der Waals surface area contributed by atoms with E-state index in [4.69, 9.17) is 28.6 Å².